The van der Waals surface area contributed by atoms with Crippen molar-refractivity contribution in [2.45, 2.75) is 18.5 Å². The van der Waals surface area contributed by atoms with Crippen LogP contribution in [0.4, 0.5) is 4.79 Å². The molecule has 0 spiro atoms. The van der Waals surface area contributed by atoms with Crippen molar-refractivity contribution < 1.29 is 24.9 Å². The van der Waals surface area contributed by atoms with E-state index in [9.17, 15) is 9.59 Å². The first-order valence-corrected chi connectivity index (χ1v) is 5.07. The van der Waals surface area contributed by atoms with Crippen molar-refractivity contribution in [3.05, 3.63) is 0 Å². The van der Waals surface area contributed by atoms with E-state index in [1.54, 1.807) is 0 Å². The summed E-state index contributed by atoms with van der Waals surface area (Å²) in [5.74, 6) is -0.635. The van der Waals surface area contributed by atoms with Crippen molar-refractivity contribution in [2.75, 3.05) is 26.9 Å². The van der Waals surface area contributed by atoms with Gasteiger partial charge in [0.05, 0.1) is 31.4 Å². The van der Waals surface area contributed by atoms with Crippen LogP contribution in [-0.4, -0.2) is 65.7 Å². The Morgan fingerprint density at radius 2 is 1.65 bits per heavy atom. The van der Waals surface area contributed by atoms with E-state index in [1.807, 2.05) is 5.32 Å². The van der Waals surface area contributed by atoms with Gasteiger partial charge in [-0.15, -0.1) is 0 Å². The minimum atomic E-state index is -1.36. The minimum absolute atomic E-state index is 0.544. The van der Waals surface area contributed by atoms with Crippen molar-refractivity contribution in [1.82, 2.24) is 16.0 Å². The number of urea groups is 1. The summed E-state index contributed by atoms with van der Waals surface area (Å²) < 4.78 is 0. The van der Waals surface area contributed by atoms with E-state index in [-0.39, 0.29) is 0 Å². The molecule has 3 amide bonds. The zero-order chi connectivity index (χ0) is 13.5. The molecule has 0 aliphatic carbocycles. The summed E-state index contributed by atoms with van der Waals surface area (Å²) >= 11 is 0. The molecule has 100 valence electrons. The highest BCUT2D eigenvalue weighted by Gasteiger charge is 2.31. The van der Waals surface area contributed by atoms with E-state index in [1.165, 1.54) is 14.0 Å². The van der Waals surface area contributed by atoms with Crippen LogP contribution in [0.5, 0.6) is 0 Å². The van der Waals surface area contributed by atoms with Gasteiger partial charge in [-0.2, -0.15) is 0 Å². The van der Waals surface area contributed by atoms with Crippen LogP contribution in [-0.2, 0) is 4.79 Å². The van der Waals surface area contributed by atoms with Gasteiger partial charge in [-0.3, -0.25) is 15.4 Å². The summed E-state index contributed by atoms with van der Waals surface area (Å²) in [7, 11) is 1.36. The Balaban J connectivity index is 4.45. The highest BCUT2D eigenvalue weighted by molar-refractivity contribution is 5.96. The molecule has 0 heterocycles. The Labute approximate surface area is 99.0 Å². The molecule has 0 saturated heterocycles. The van der Waals surface area contributed by atoms with Gasteiger partial charge in [-0.1, -0.05) is 0 Å². The fourth-order valence-electron chi connectivity index (χ4n) is 1.09. The third-order valence-corrected chi connectivity index (χ3v) is 2.29. The van der Waals surface area contributed by atoms with Crippen LogP contribution >= 0.6 is 0 Å². The van der Waals surface area contributed by atoms with Gasteiger partial charge in [0.2, 0.25) is 5.91 Å². The Bertz CT molecular complexity index is 259. The fraction of sp³-hybridized carbons (Fsp3) is 0.778. The number of amides is 3. The van der Waals surface area contributed by atoms with Crippen molar-refractivity contribution >= 4 is 11.9 Å². The van der Waals surface area contributed by atoms with Gasteiger partial charge in [0, 0.05) is 7.05 Å². The van der Waals surface area contributed by atoms with Crippen LogP contribution in [0, 0.1) is 0 Å². The minimum Gasteiger partial charge on any atom is -0.394 e. The van der Waals surface area contributed by atoms with E-state index in [2.05, 4.69) is 10.6 Å². The summed E-state index contributed by atoms with van der Waals surface area (Å²) in [5, 5.41) is 33.9. The predicted molar refractivity (Wildman–Crippen MR) is 59.2 cm³/mol. The zero-order valence-electron chi connectivity index (χ0n) is 9.86. The fourth-order valence-corrected chi connectivity index (χ4v) is 1.09. The third-order valence-electron chi connectivity index (χ3n) is 2.29. The molecule has 0 aromatic rings. The summed E-state index contributed by atoms with van der Waals surface area (Å²) in [4.78, 5) is 22.3. The maximum atomic E-state index is 11.5. The number of aliphatic hydroxyl groups is 3. The van der Waals surface area contributed by atoms with Crippen molar-refractivity contribution in [3.8, 4) is 0 Å². The lowest BCUT2D eigenvalue weighted by Crippen LogP contribution is -2.61. The molecule has 0 fully saturated rings. The predicted octanol–water partition coefficient (Wildman–Crippen LogP) is -2.86. The van der Waals surface area contributed by atoms with Gasteiger partial charge >= 0.3 is 6.03 Å². The number of carbonyl (C=O) groups excluding carboxylic acids is 2. The van der Waals surface area contributed by atoms with Crippen LogP contribution < -0.4 is 16.0 Å². The average Bonchev–Trinajstić information content (AvgIpc) is 2.35. The molecule has 0 aliphatic heterocycles. The Kier molecular flexibility index (Phi) is 6.66. The lowest BCUT2D eigenvalue weighted by Gasteiger charge is -2.31. The van der Waals surface area contributed by atoms with Crippen molar-refractivity contribution in [3.63, 3.8) is 0 Å². The molecule has 0 aromatic heterocycles. The molecule has 8 nitrogen and oxygen atoms in total. The van der Waals surface area contributed by atoms with Crippen molar-refractivity contribution in [1.29, 1.82) is 0 Å². The molecular weight excluding hydrogens is 230 g/mol. The molecular formula is C9H19N3O5. The molecule has 0 bridgehead atoms. The standard InChI is InChI=1S/C9H19N3O5/c1-6(7(16)11-8(17)10-2)12-9(3-13,4-14)5-15/h6,12-15H,3-5H2,1-2H3,(H2,10,11,16,17). The molecule has 0 radical (unpaired) electrons. The lowest BCUT2D eigenvalue weighted by molar-refractivity contribution is -0.122. The molecule has 8 heteroatoms. The highest BCUT2D eigenvalue weighted by atomic mass is 16.3. The third kappa shape index (κ3) is 4.65. The van der Waals surface area contributed by atoms with Gasteiger partial charge in [0.25, 0.3) is 0 Å². The van der Waals surface area contributed by atoms with E-state index in [4.69, 9.17) is 15.3 Å². The Morgan fingerprint density at radius 1 is 1.18 bits per heavy atom. The van der Waals surface area contributed by atoms with Gasteiger partial charge in [0.1, 0.15) is 0 Å². The summed E-state index contributed by atoms with van der Waals surface area (Å²) in [6, 6.07) is -1.52. The normalized spacial score (nSPS) is 13.0. The number of aliphatic hydroxyl groups excluding tert-OH is 3. The summed E-state index contributed by atoms with van der Waals surface area (Å²) in [6.45, 7) is -0.194. The smallest absolute Gasteiger partial charge is 0.321 e. The van der Waals surface area contributed by atoms with E-state index < -0.39 is 43.3 Å². The molecule has 0 saturated carbocycles. The molecule has 17 heavy (non-hydrogen) atoms. The largest absolute Gasteiger partial charge is 0.394 e. The monoisotopic (exact) mass is 249 g/mol. The van der Waals surface area contributed by atoms with Crippen LogP contribution in [0.2, 0.25) is 0 Å². The van der Waals surface area contributed by atoms with Crippen LogP contribution in [0.15, 0.2) is 0 Å². The number of hydrogen-bond donors (Lipinski definition) is 6. The second kappa shape index (κ2) is 7.17. The quantitative estimate of drug-likeness (QED) is 0.300. The topological polar surface area (TPSA) is 131 Å². The zero-order valence-corrected chi connectivity index (χ0v) is 9.86. The number of carbonyl (C=O) groups is 2. The maximum absolute atomic E-state index is 11.5. The molecule has 0 rings (SSSR count). The number of rotatable bonds is 6. The average molecular weight is 249 g/mol. The SMILES string of the molecule is CNC(=O)NC(=O)C(C)NC(CO)(CO)CO. The molecule has 0 aromatic carbocycles. The van der Waals surface area contributed by atoms with Gasteiger partial charge < -0.3 is 20.6 Å². The first kappa shape index (κ1) is 15.8. The second-order valence-corrected chi connectivity index (χ2v) is 3.69. The molecule has 1 unspecified atom stereocenters. The number of nitrogens with one attached hydrogen (secondary N) is 3. The van der Waals surface area contributed by atoms with E-state index in [0.29, 0.717) is 0 Å². The van der Waals surface area contributed by atoms with E-state index in [0.717, 1.165) is 0 Å². The Morgan fingerprint density at radius 3 is 2.00 bits per heavy atom. The molecule has 0 aliphatic rings. The van der Waals surface area contributed by atoms with Crippen LogP contribution in [0.3, 0.4) is 0 Å². The second-order valence-electron chi connectivity index (χ2n) is 3.69. The molecule has 6 N–H and O–H groups in total. The van der Waals surface area contributed by atoms with Gasteiger partial charge in [-0.25, -0.2) is 4.79 Å². The number of hydrogen-bond acceptors (Lipinski definition) is 6. The Hall–Kier alpha value is -1.22. The van der Waals surface area contributed by atoms with Gasteiger partial charge in [0.15, 0.2) is 0 Å². The summed E-state index contributed by atoms with van der Waals surface area (Å²) in [5.41, 5.74) is -1.36. The summed E-state index contributed by atoms with van der Waals surface area (Å²) in [6.07, 6.45) is 0. The van der Waals surface area contributed by atoms with Crippen molar-refractivity contribution in [2.24, 2.45) is 0 Å². The van der Waals surface area contributed by atoms with Crippen LogP contribution in [0.25, 0.3) is 0 Å². The van der Waals surface area contributed by atoms with Crippen LogP contribution in [0.1, 0.15) is 6.92 Å². The maximum Gasteiger partial charge on any atom is 0.321 e. The van der Waals surface area contributed by atoms with E-state index >= 15 is 0 Å². The highest BCUT2D eigenvalue weighted by Crippen LogP contribution is 2.03. The first-order valence-electron chi connectivity index (χ1n) is 5.07. The number of imide groups is 1. The lowest BCUT2D eigenvalue weighted by atomic mass is 10.0. The van der Waals surface area contributed by atoms with Gasteiger partial charge in [-0.05, 0) is 6.92 Å². The molecule has 1 atom stereocenters. The first-order chi connectivity index (χ1) is 7.94.